The fraction of sp³-hybridized carbons (Fsp3) is 0.286. The number of amides is 1. The SMILES string of the molecule is O=C(Nc1ccc(-c2n[nH]c(C3CC3)n2)cc1)C1(c2ccc(Br)cc2)CC1. The highest BCUT2D eigenvalue weighted by atomic mass is 79.9. The standard InChI is InChI=1S/C21H19BrN4O/c22-16-7-5-15(6-8-16)21(11-12-21)20(27)23-17-9-3-14(4-10-17)19-24-18(25-26-19)13-1-2-13/h3-10,13H,1-2,11-12H2,(H,23,27)(H,24,25,26). The van der Waals surface area contributed by atoms with Crippen LogP contribution in [0.2, 0.25) is 0 Å². The average Bonchev–Trinajstić information content (AvgIpc) is 3.62. The molecule has 2 aliphatic rings. The van der Waals surface area contributed by atoms with Crippen LogP contribution in [0.1, 0.15) is 43.0 Å². The molecule has 0 radical (unpaired) electrons. The van der Waals surface area contributed by atoms with Crippen LogP contribution in [0.25, 0.3) is 11.4 Å². The summed E-state index contributed by atoms with van der Waals surface area (Å²) in [7, 11) is 0. The van der Waals surface area contributed by atoms with Crippen LogP contribution in [0.15, 0.2) is 53.0 Å². The van der Waals surface area contributed by atoms with Gasteiger partial charge in [-0.15, -0.1) is 0 Å². The predicted molar refractivity (Wildman–Crippen MR) is 107 cm³/mol. The number of nitrogens with zero attached hydrogens (tertiary/aromatic N) is 2. The minimum atomic E-state index is -0.387. The molecule has 1 amide bonds. The van der Waals surface area contributed by atoms with Gasteiger partial charge in [-0.3, -0.25) is 9.89 Å². The van der Waals surface area contributed by atoms with Crippen LogP contribution in [0.3, 0.4) is 0 Å². The largest absolute Gasteiger partial charge is 0.325 e. The predicted octanol–water partition coefficient (Wildman–Crippen LogP) is 4.78. The van der Waals surface area contributed by atoms with Gasteiger partial charge in [-0.1, -0.05) is 28.1 Å². The molecule has 0 aliphatic heterocycles. The topological polar surface area (TPSA) is 70.7 Å². The Morgan fingerprint density at radius 3 is 2.41 bits per heavy atom. The molecule has 3 aromatic rings. The Kier molecular flexibility index (Phi) is 3.90. The summed E-state index contributed by atoms with van der Waals surface area (Å²) < 4.78 is 1.02. The van der Waals surface area contributed by atoms with Gasteiger partial charge >= 0.3 is 0 Å². The summed E-state index contributed by atoms with van der Waals surface area (Å²) in [6.07, 6.45) is 4.17. The molecule has 1 heterocycles. The van der Waals surface area contributed by atoms with Gasteiger partial charge in [-0.05, 0) is 67.6 Å². The van der Waals surface area contributed by atoms with E-state index in [2.05, 4.69) is 36.4 Å². The minimum absolute atomic E-state index is 0.0616. The van der Waals surface area contributed by atoms with Crippen LogP contribution in [-0.2, 0) is 10.2 Å². The molecule has 2 fully saturated rings. The van der Waals surface area contributed by atoms with Crippen LogP contribution in [0.4, 0.5) is 5.69 Å². The fourth-order valence-corrected chi connectivity index (χ4v) is 3.70. The third-order valence-corrected chi connectivity index (χ3v) is 5.98. The number of hydrogen-bond donors (Lipinski definition) is 2. The molecular formula is C21H19BrN4O. The summed E-state index contributed by atoms with van der Waals surface area (Å²) in [6.45, 7) is 0. The maximum Gasteiger partial charge on any atom is 0.235 e. The van der Waals surface area contributed by atoms with E-state index in [9.17, 15) is 4.79 Å². The molecule has 5 nitrogen and oxygen atoms in total. The van der Waals surface area contributed by atoms with E-state index in [0.29, 0.717) is 11.7 Å². The number of anilines is 1. The first-order chi connectivity index (χ1) is 13.1. The molecule has 2 aliphatic carbocycles. The number of aromatic nitrogens is 3. The highest BCUT2D eigenvalue weighted by Gasteiger charge is 2.51. The van der Waals surface area contributed by atoms with Crippen molar-refractivity contribution in [3.8, 4) is 11.4 Å². The van der Waals surface area contributed by atoms with Gasteiger partial charge in [0.2, 0.25) is 5.91 Å². The maximum absolute atomic E-state index is 12.9. The summed E-state index contributed by atoms with van der Waals surface area (Å²) in [6, 6.07) is 15.8. The first kappa shape index (κ1) is 16.7. The lowest BCUT2D eigenvalue weighted by Gasteiger charge is -2.16. The smallest absolute Gasteiger partial charge is 0.235 e. The van der Waals surface area contributed by atoms with Crippen molar-refractivity contribution in [3.63, 3.8) is 0 Å². The summed E-state index contributed by atoms with van der Waals surface area (Å²) >= 11 is 3.45. The van der Waals surface area contributed by atoms with Crippen molar-refractivity contribution in [2.45, 2.75) is 37.0 Å². The van der Waals surface area contributed by atoms with Gasteiger partial charge in [0.15, 0.2) is 5.82 Å². The highest BCUT2D eigenvalue weighted by Crippen LogP contribution is 2.49. The van der Waals surface area contributed by atoms with Crippen molar-refractivity contribution in [2.24, 2.45) is 0 Å². The molecule has 2 saturated carbocycles. The number of nitrogens with one attached hydrogen (secondary N) is 2. The molecule has 0 saturated heterocycles. The molecule has 6 heteroatoms. The number of benzene rings is 2. The molecular weight excluding hydrogens is 404 g/mol. The molecule has 2 N–H and O–H groups in total. The third-order valence-electron chi connectivity index (χ3n) is 5.45. The van der Waals surface area contributed by atoms with Crippen molar-refractivity contribution < 1.29 is 4.79 Å². The second kappa shape index (κ2) is 6.30. The van der Waals surface area contributed by atoms with Crippen LogP contribution in [0.5, 0.6) is 0 Å². The van der Waals surface area contributed by atoms with E-state index in [4.69, 9.17) is 0 Å². The second-order valence-electron chi connectivity index (χ2n) is 7.44. The summed E-state index contributed by atoms with van der Waals surface area (Å²) in [5.41, 5.74) is 2.44. The number of carbonyl (C=O) groups excluding carboxylic acids is 1. The molecule has 0 bridgehead atoms. The zero-order valence-corrected chi connectivity index (χ0v) is 16.3. The number of carbonyl (C=O) groups is 1. The zero-order chi connectivity index (χ0) is 18.4. The van der Waals surface area contributed by atoms with E-state index in [1.165, 1.54) is 12.8 Å². The highest BCUT2D eigenvalue weighted by molar-refractivity contribution is 9.10. The van der Waals surface area contributed by atoms with E-state index in [-0.39, 0.29) is 11.3 Å². The van der Waals surface area contributed by atoms with Gasteiger partial charge in [0.25, 0.3) is 0 Å². The third kappa shape index (κ3) is 3.18. The van der Waals surface area contributed by atoms with E-state index < -0.39 is 0 Å². The van der Waals surface area contributed by atoms with Gasteiger partial charge < -0.3 is 5.32 Å². The normalized spacial score (nSPS) is 17.5. The summed E-state index contributed by atoms with van der Waals surface area (Å²) in [4.78, 5) is 17.4. The van der Waals surface area contributed by atoms with Crippen molar-refractivity contribution >= 4 is 27.5 Å². The molecule has 5 rings (SSSR count). The molecule has 2 aromatic carbocycles. The Hall–Kier alpha value is -2.47. The molecule has 0 spiro atoms. The van der Waals surface area contributed by atoms with Crippen LogP contribution in [0, 0.1) is 0 Å². The number of aromatic amines is 1. The van der Waals surface area contributed by atoms with Crippen molar-refractivity contribution in [2.75, 3.05) is 5.32 Å². The Morgan fingerprint density at radius 2 is 1.78 bits per heavy atom. The van der Waals surface area contributed by atoms with Crippen LogP contribution < -0.4 is 5.32 Å². The van der Waals surface area contributed by atoms with Crippen LogP contribution in [-0.4, -0.2) is 21.1 Å². The van der Waals surface area contributed by atoms with E-state index in [1.54, 1.807) is 0 Å². The zero-order valence-electron chi connectivity index (χ0n) is 14.7. The van der Waals surface area contributed by atoms with Gasteiger partial charge in [0.1, 0.15) is 5.82 Å². The monoisotopic (exact) mass is 422 g/mol. The molecule has 136 valence electrons. The minimum Gasteiger partial charge on any atom is -0.325 e. The van der Waals surface area contributed by atoms with E-state index in [1.807, 2.05) is 48.5 Å². The Morgan fingerprint density at radius 1 is 1.07 bits per heavy atom. The maximum atomic E-state index is 12.9. The number of H-pyrrole nitrogens is 1. The Labute approximate surface area is 165 Å². The Balaban J connectivity index is 1.30. The number of halogens is 1. The molecule has 0 atom stereocenters. The molecule has 27 heavy (non-hydrogen) atoms. The van der Waals surface area contributed by atoms with Crippen LogP contribution >= 0.6 is 15.9 Å². The van der Waals surface area contributed by atoms with E-state index in [0.717, 1.165) is 40.0 Å². The number of hydrogen-bond acceptors (Lipinski definition) is 3. The summed E-state index contributed by atoms with van der Waals surface area (Å²) in [5.74, 6) is 2.31. The van der Waals surface area contributed by atoms with Gasteiger partial charge in [0, 0.05) is 21.6 Å². The van der Waals surface area contributed by atoms with Gasteiger partial charge in [-0.2, -0.15) is 5.10 Å². The number of rotatable bonds is 5. The molecule has 0 unspecified atom stereocenters. The first-order valence-corrected chi connectivity index (χ1v) is 10.0. The average molecular weight is 423 g/mol. The second-order valence-corrected chi connectivity index (χ2v) is 8.35. The molecule has 1 aromatic heterocycles. The fourth-order valence-electron chi connectivity index (χ4n) is 3.44. The lowest BCUT2D eigenvalue weighted by atomic mass is 9.95. The van der Waals surface area contributed by atoms with E-state index >= 15 is 0 Å². The lowest BCUT2D eigenvalue weighted by Crippen LogP contribution is -2.27. The summed E-state index contributed by atoms with van der Waals surface area (Å²) in [5, 5.41) is 10.4. The van der Waals surface area contributed by atoms with Gasteiger partial charge in [-0.25, -0.2) is 4.98 Å². The lowest BCUT2D eigenvalue weighted by molar-refractivity contribution is -0.118. The van der Waals surface area contributed by atoms with Crippen molar-refractivity contribution in [3.05, 3.63) is 64.4 Å². The Bertz CT molecular complexity index is 986. The van der Waals surface area contributed by atoms with Crippen molar-refractivity contribution in [1.29, 1.82) is 0 Å². The van der Waals surface area contributed by atoms with Gasteiger partial charge in [0.05, 0.1) is 5.41 Å². The van der Waals surface area contributed by atoms with Crippen molar-refractivity contribution in [1.82, 2.24) is 15.2 Å². The quantitative estimate of drug-likeness (QED) is 0.621. The first-order valence-electron chi connectivity index (χ1n) is 9.24.